The van der Waals surface area contributed by atoms with Crippen LogP contribution in [0.4, 0.5) is 0 Å². The normalized spacial score (nSPS) is 21.0. The van der Waals surface area contributed by atoms with E-state index in [2.05, 4.69) is 22.1 Å². The Labute approximate surface area is 140 Å². The molecule has 1 N–H and O–H groups in total. The van der Waals surface area contributed by atoms with Gasteiger partial charge in [0.1, 0.15) is 5.82 Å². The van der Waals surface area contributed by atoms with Crippen molar-refractivity contribution in [3.05, 3.63) is 18.5 Å². The van der Waals surface area contributed by atoms with Crippen LogP contribution < -0.4 is 5.32 Å². The van der Waals surface area contributed by atoms with Crippen LogP contribution in [0.5, 0.6) is 0 Å². The monoisotopic (exact) mass is 358 g/mol. The van der Waals surface area contributed by atoms with Gasteiger partial charge in [-0.15, -0.1) is 16.8 Å². The van der Waals surface area contributed by atoms with Crippen LogP contribution >= 0.6 is 11.8 Å². The average Bonchev–Trinajstić information content (AvgIpc) is 3.03. The molecule has 7 nitrogen and oxygen atoms in total. The highest BCUT2D eigenvalue weighted by Crippen LogP contribution is 2.31. The van der Waals surface area contributed by atoms with Crippen LogP contribution in [0, 0.1) is 0 Å². The van der Waals surface area contributed by atoms with E-state index in [0.29, 0.717) is 30.5 Å². The molecule has 1 fully saturated rings. The minimum absolute atomic E-state index is 0.0596. The van der Waals surface area contributed by atoms with E-state index in [0.717, 1.165) is 0 Å². The molecule has 1 aromatic heterocycles. The Kier molecular flexibility index (Phi) is 5.85. The van der Waals surface area contributed by atoms with E-state index >= 15 is 0 Å². The number of amides is 1. The second-order valence-corrected chi connectivity index (χ2v) is 9.03. The standard InChI is InChI=1S/C14H22N4O3S2/c1-4-7-18-12(11-6-8-23(20,21)9-11)16-17-14(18)22-10(3)13(19)15-5-2/h4,10-11H,1,5-9H2,2-3H3,(H,15,19)/t10-,11+/m0/s1. The van der Waals surface area contributed by atoms with E-state index in [-0.39, 0.29) is 28.6 Å². The first kappa shape index (κ1) is 18.0. The minimum Gasteiger partial charge on any atom is -0.355 e. The molecule has 2 atom stereocenters. The molecule has 1 aliphatic heterocycles. The zero-order valence-electron chi connectivity index (χ0n) is 13.4. The molecule has 0 spiro atoms. The summed E-state index contributed by atoms with van der Waals surface area (Å²) in [6.45, 7) is 8.48. The Bertz CT molecular complexity index is 684. The van der Waals surface area contributed by atoms with E-state index in [1.807, 2.05) is 18.4 Å². The molecule has 9 heteroatoms. The van der Waals surface area contributed by atoms with Crippen molar-refractivity contribution < 1.29 is 13.2 Å². The van der Waals surface area contributed by atoms with Gasteiger partial charge in [-0.25, -0.2) is 8.42 Å². The summed E-state index contributed by atoms with van der Waals surface area (Å²) >= 11 is 1.32. The van der Waals surface area contributed by atoms with Crippen molar-refractivity contribution in [1.29, 1.82) is 0 Å². The molecular formula is C14H22N4O3S2. The fourth-order valence-corrected chi connectivity index (χ4v) is 5.15. The Hall–Kier alpha value is -1.35. The second kappa shape index (κ2) is 7.48. The van der Waals surface area contributed by atoms with Crippen molar-refractivity contribution in [3.8, 4) is 0 Å². The summed E-state index contributed by atoms with van der Waals surface area (Å²) in [5, 5.41) is 11.4. The third-order valence-electron chi connectivity index (χ3n) is 3.66. The lowest BCUT2D eigenvalue weighted by Gasteiger charge is -2.13. The quantitative estimate of drug-likeness (QED) is 0.577. The summed E-state index contributed by atoms with van der Waals surface area (Å²) in [5.74, 6) is 0.767. The lowest BCUT2D eigenvalue weighted by Crippen LogP contribution is -2.30. The van der Waals surface area contributed by atoms with Gasteiger partial charge in [0.05, 0.1) is 16.8 Å². The van der Waals surface area contributed by atoms with Gasteiger partial charge in [-0.3, -0.25) is 4.79 Å². The minimum atomic E-state index is -2.99. The molecule has 1 aromatic rings. The van der Waals surface area contributed by atoms with Crippen LogP contribution in [0.25, 0.3) is 0 Å². The van der Waals surface area contributed by atoms with Crippen LogP contribution in [0.2, 0.25) is 0 Å². The number of carbonyl (C=O) groups excluding carboxylic acids is 1. The first-order valence-electron chi connectivity index (χ1n) is 7.56. The fraction of sp³-hybridized carbons (Fsp3) is 0.643. The zero-order valence-corrected chi connectivity index (χ0v) is 15.0. The molecule has 0 aromatic carbocycles. The molecule has 1 aliphatic rings. The fourth-order valence-electron chi connectivity index (χ4n) is 2.52. The molecule has 0 bridgehead atoms. The van der Waals surface area contributed by atoms with Crippen molar-refractivity contribution in [2.24, 2.45) is 0 Å². The molecule has 0 aliphatic carbocycles. The summed E-state index contributed by atoms with van der Waals surface area (Å²) in [4.78, 5) is 11.9. The maximum absolute atomic E-state index is 11.9. The van der Waals surface area contributed by atoms with Crippen LogP contribution in [-0.4, -0.2) is 52.4 Å². The van der Waals surface area contributed by atoms with Crippen molar-refractivity contribution in [1.82, 2.24) is 20.1 Å². The first-order chi connectivity index (χ1) is 10.9. The molecule has 2 rings (SSSR count). The van der Waals surface area contributed by atoms with Gasteiger partial charge in [-0.05, 0) is 20.3 Å². The van der Waals surface area contributed by atoms with Gasteiger partial charge in [0.25, 0.3) is 0 Å². The van der Waals surface area contributed by atoms with Crippen LogP contribution in [0.15, 0.2) is 17.8 Å². The highest BCUT2D eigenvalue weighted by molar-refractivity contribution is 8.00. The van der Waals surface area contributed by atoms with Gasteiger partial charge >= 0.3 is 0 Å². The number of allylic oxidation sites excluding steroid dienone is 1. The van der Waals surface area contributed by atoms with Gasteiger partial charge < -0.3 is 9.88 Å². The second-order valence-electron chi connectivity index (χ2n) is 5.49. The lowest BCUT2D eigenvalue weighted by atomic mass is 10.1. The first-order valence-corrected chi connectivity index (χ1v) is 10.3. The van der Waals surface area contributed by atoms with Crippen molar-refractivity contribution >= 4 is 27.5 Å². The van der Waals surface area contributed by atoms with Gasteiger partial charge in [-0.2, -0.15) is 0 Å². The molecule has 0 unspecified atom stereocenters. The highest BCUT2D eigenvalue weighted by Gasteiger charge is 2.33. The maximum atomic E-state index is 11.9. The molecule has 2 heterocycles. The van der Waals surface area contributed by atoms with Gasteiger partial charge in [-0.1, -0.05) is 17.8 Å². The third-order valence-corrected chi connectivity index (χ3v) is 6.51. The van der Waals surface area contributed by atoms with E-state index < -0.39 is 9.84 Å². The molecule has 128 valence electrons. The number of hydrogen-bond donors (Lipinski definition) is 1. The number of hydrogen-bond acceptors (Lipinski definition) is 6. The Morgan fingerprint density at radius 1 is 1.57 bits per heavy atom. The number of rotatable bonds is 7. The van der Waals surface area contributed by atoms with E-state index in [1.165, 1.54) is 11.8 Å². The predicted octanol–water partition coefficient (Wildman–Crippen LogP) is 0.983. The molecule has 23 heavy (non-hydrogen) atoms. The predicted molar refractivity (Wildman–Crippen MR) is 90.2 cm³/mol. The number of sulfone groups is 1. The van der Waals surface area contributed by atoms with Crippen LogP contribution in [0.3, 0.4) is 0 Å². The van der Waals surface area contributed by atoms with Crippen molar-refractivity contribution in [3.63, 3.8) is 0 Å². The number of thioether (sulfide) groups is 1. The van der Waals surface area contributed by atoms with E-state index in [4.69, 9.17) is 0 Å². The SMILES string of the molecule is C=CCn1c(S[C@@H](C)C(=O)NCC)nnc1[C@@H]1CCS(=O)(=O)C1. The number of aromatic nitrogens is 3. The van der Waals surface area contributed by atoms with E-state index in [1.54, 1.807) is 6.08 Å². The number of nitrogens with zero attached hydrogens (tertiary/aromatic N) is 3. The van der Waals surface area contributed by atoms with Crippen LogP contribution in [0.1, 0.15) is 32.0 Å². The lowest BCUT2D eigenvalue weighted by molar-refractivity contribution is -0.120. The third kappa shape index (κ3) is 4.35. The smallest absolute Gasteiger partial charge is 0.233 e. The van der Waals surface area contributed by atoms with Gasteiger partial charge in [0.2, 0.25) is 5.91 Å². The van der Waals surface area contributed by atoms with Crippen molar-refractivity contribution in [2.75, 3.05) is 18.1 Å². The average molecular weight is 358 g/mol. The molecule has 1 saturated heterocycles. The molecule has 0 saturated carbocycles. The topological polar surface area (TPSA) is 93.9 Å². The Balaban J connectivity index is 2.21. The van der Waals surface area contributed by atoms with Gasteiger partial charge in [0.15, 0.2) is 15.0 Å². The maximum Gasteiger partial charge on any atom is 0.233 e. The summed E-state index contributed by atoms with van der Waals surface area (Å²) in [6, 6.07) is 0. The Morgan fingerprint density at radius 2 is 2.30 bits per heavy atom. The summed E-state index contributed by atoms with van der Waals surface area (Å²) in [7, 11) is -2.99. The number of carbonyl (C=O) groups is 1. The highest BCUT2D eigenvalue weighted by atomic mass is 32.2. The zero-order chi connectivity index (χ0) is 17.0. The Morgan fingerprint density at radius 3 is 2.87 bits per heavy atom. The van der Waals surface area contributed by atoms with E-state index in [9.17, 15) is 13.2 Å². The molecular weight excluding hydrogens is 336 g/mol. The largest absolute Gasteiger partial charge is 0.355 e. The summed E-state index contributed by atoms with van der Waals surface area (Å²) in [5.41, 5.74) is 0. The molecule has 1 amide bonds. The van der Waals surface area contributed by atoms with Crippen LogP contribution in [-0.2, 0) is 21.2 Å². The summed E-state index contributed by atoms with van der Waals surface area (Å²) in [6.07, 6.45) is 2.28. The molecule has 0 radical (unpaired) electrons. The summed E-state index contributed by atoms with van der Waals surface area (Å²) < 4.78 is 25.2. The number of nitrogens with one attached hydrogen (secondary N) is 1. The van der Waals surface area contributed by atoms with Crippen molar-refractivity contribution in [2.45, 2.75) is 43.1 Å². The van der Waals surface area contributed by atoms with Gasteiger partial charge in [0, 0.05) is 19.0 Å².